The maximum Gasteiger partial charge on any atom is 0.0907 e. The molecule has 0 aromatic carbocycles. The van der Waals surface area contributed by atoms with Crippen LogP contribution < -0.4 is 10.6 Å². The molecule has 0 aliphatic rings. The zero-order valence-electron chi connectivity index (χ0n) is 6.21. The molecule has 0 bridgehead atoms. The smallest absolute Gasteiger partial charge is 0.0907 e. The highest BCUT2D eigenvalue weighted by Crippen LogP contribution is 1.62. The van der Waals surface area contributed by atoms with Crippen LogP contribution in [0, 0.1) is 0 Å². The third-order valence-corrected chi connectivity index (χ3v) is 0.604. The summed E-state index contributed by atoms with van der Waals surface area (Å²) in [5.74, 6) is 0.843. The van der Waals surface area contributed by atoms with E-state index in [4.69, 9.17) is 0 Å². The molecule has 0 saturated heterocycles. The van der Waals surface area contributed by atoms with Crippen LogP contribution in [0.4, 0.5) is 0 Å². The lowest BCUT2D eigenvalue weighted by Crippen LogP contribution is -2.17. The van der Waals surface area contributed by atoms with Gasteiger partial charge < -0.3 is 10.6 Å². The largest absolute Gasteiger partial charge is 0.375 e. The van der Waals surface area contributed by atoms with Crippen molar-refractivity contribution in [2.45, 2.75) is 13.8 Å². The van der Waals surface area contributed by atoms with Gasteiger partial charge in [-0.3, -0.25) is 0 Å². The molecule has 0 rings (SSSR count). The van der Waals surface area contributed by atoms with Gasteiger partial charge in [0.05, 0.1) is 5.82 Å². The van der Waals surface area contributed by atoms with Crippen molar-refractivity contribution in [1.29, 1.82) is 0 Å². The Labute approximate surface area is 52.0 Å². The molecule has 0 aromatic rings. The van der Waals surface area contributed by atoms with E-state index in [1.54, 1.807) is 0 Å². The highest BCUT2D eigenvalue weighted by molar-refractivity contribution is 4.82. The number of hydrogen-bond acceptors (Lipinski definition) is 2. The van der Waals surface area contributed by atoms with Crippen LogP contribution >= 0.6 is 0 Å². The van der Waals surface area contributed by atoms with Crippen LogP contribution in [-0.2, 0) is 0 Å². The Morgan fingerprint density at radius 1 is 1.12 bits per heavy atom. The summed E-state index contributed by atoms with van der Waals surface area (Å²) in [6.07, 6.45) is 0. The average Bonchev–Trinajstić information content (AvgIpc) is 1.91. The molecule has 0 aliphatic carbocycles. The molecule has 50 valence electrons. The molecule has 2 N–H and O–H groups in total. The third-order valence-electron chi connectivity index (χ3n) is 0.604. The molecule has 0 amide bonds. The minimum absolute atomic E-state index is 0.843. The van der Waals surface area contributed by atoms with Crippen LogP contribution in [0.1, 0.15) is 13.8 Å². The Bertz CT molecular complexity index is 44.5. The zero-order chi connectivity index (χ0) is 6.99. The predicted molar refractivity (Wildman–Crippen MR) is 38.6 cm³/mol. The van der Waals surface area contributed by atoms with Crippen LogP contribution in [0.3, 0.4) is 0 Å². The van der Waals surface area contributed by atoms with Gasteiger partial charge in [-0.25, -0.2) is 0 Å². The van der Waals surface area contributed by atoms with Gasteiger partial charge in [-0.15, -0.1) is 0 Å². The molecule has 2 heteroatoms. The minimum atomic E-state index is 0.843. The first-order chi connectivity index (χ1) is 3.81. The van der Waals surface area contributed by atoms with E-state index in [1.165, 1.54) is 0 Å². The summed E-state index contributed by atoms with van der Waals surface area (Å²) in [4.78, 5) is 0. The van der Waals surface area contributed by atoms with Crippen LogP contribution in [-0.4, -0.2) is 14.1 Å². The van der Waals surface area contributed by atoms with Gasteiger partial charge in [0.1, 0.15) is 0 Å². The van der Waals surface area contributed by atoms with E-state index in [1.807, 2.05) is 27.9 Å². The fraction of sp³-hybridized carbons (Fsp3) is 0.667. The first kappa shape index (κ1) is 10.3. The summed E-state index contributed by atoms with van der Waals surface area (Å²) in [5, 5.41) is 5.62. The maximum atomic E-state index is 3.57. The van der Waals surface area contributed by atoms with Gasteiger partial charge in [-0.2, -0.15) is 0 Å². The van der Waals surface area contributed by atoms with E-state index in [9.17, 15) is 0 Å². The second-order valence-corrected chi connectivity index (χ2v) is 0.979. The quantitative estimate of drug-likeness (QED) is 0.560. The molecule has 0 unspecified atom stereocenters. The second kappa shape index (κ2) is 9.60. The van der Waals surface area contributed by atoms with Crippen molar-refractivity contribution in [3.05, 3.63) is 12.4 Å². The highest BCUT2D eigenvalue weighted by atomic mass is 15.0. The Kier molecular flexibility index (Phi) is 12.4. The van der Waals surface area contributed by atoms with E-state index in [0.717, 1.165) is 5.82 Å². The van der Waals surface area contributed by atoms with E-state index >= 15 is 0 Å². The van der Waals surface area contributed by atoms with E-state index in [-0.39, 0.29) is 0 Å². The first-order valence-electron chi connectivity index (χ1n) is 2.85. The SMILES string of the molecule is C=C(NC)NC.CC. The molecule has 0 radical (unpaired) electrons. The van der Waals surface area contributed by atoms with Gasteiger partial charge >= 0.3 is 0 Å². The molecule has 0 heterocycles. The fourth-order valence-corrected chi connectivity index (χ4v) is 0.125. The van der Waals surface area contributed by atoms with Gasteiger partial charge in [-0.1, -0.05) is 20.4 Å². The van der Waals surface area contributed by atoms with E-state index < -0.39 is 0 Å². The van der Waals surface area contributed by atoms with Crippen LogP contribution in [0.25, 0.3) is 0 Å². The van der Waals surface area contributed by atoms with E-state index in [2.05, 4.69) is 17.2 Å². The minimum Gasteiger partial charge on any atom is -0.375 e. The van der Waals surface area contributed by atoms with Crippen molar-refractivity contribution >= 4 is 0 Å². The predicted octanol–water partition coefficient (Wildman–Crippen LogP) is 0.923. The maximum absolute atomic E-state index is 3.57. The van der Waals surface area contributed by atoms with Crippen molar-refractivity contribution in [3.63, 3.8) is 0 Å². The average molecular weight is 116 g/mol. The highest BCUT2D eigenvalue weighted by Gasteiger charge is 1.71. The summed E-state index contributed by atoms with van der Waals surface area (Å²) in [5.41, 5.74) is 0. The Balaban J connectivity index is 0. The molecule has 0 atom stereocenters. The zero-order valence-corrected chi connectivity index (χ0v) is 6.21. The lowest BCUT2D eigenvalue weighted by Gasteiger charge is -1.98. The lowest BCUT2D eigenvalue weighted by atomic mass is 10.8. The molecule has 8 heavy (non-hydrogen) atoms. The second-order valence-electron chi connectivity index (χ2n) is 0.979. The fourth-order valence-electron chi connectivity index (χ4n) is 0.125. The molecule has 2 nitrogen and oxygen atoms in total. The Morgan fingerprint density at radius 2 is 1.38 bits per heavy atom. The summed E-state index contributed by atoms with van der Waals surface area (Å²) >= 11 is 0. The van der Waals surface area contributed by atoms with Crippen LogP contribution in [0.2, 0.25) is 0 Å². The van der Waals surface area contributed by atoms with Gasteiger partial charge in [0, 0.05) is 14.1 Å². The molecular weight excluding hydrogens is 100 g/mol. The third kappa shape index (κ3) is 9.02. The summed E-state index contributed by atoms with van der Waals surface area (Å²) in [6, 6.07) is 0. The van der Waals surface area contributed by atoms with Crippen LogP contribution in [0.15, 0.2) is 12.4 Å². The van der Waals surface area contributed by atoms with Gasteiger partial charge in [-0.05, 0) is 0 Å². The summed E-state index contributed by atoms with van der Waals surface area (Å²) in [6.45, 7) is 7.57. The first-order valence-corrected chi connectivity index (χ1v) is 2.85. The normalized spacial score (nSPS) is 6.00. The standard InChI is InChI=1S/C4H10N2.C2H6/c1-4(5-2)6-3;1-2/h5-6H,1H2,2-3H3;1-2H3. The summed E-state index contributed by atoms with van der Waals surface area (Å²) < 4.78 is 0. The number of hydrogen-bond donors (Lipinski definition) is 2. The van der Waals surface area contributed by atoms with Crippen molar-refractivity contribution < 1.29 is 0 Å². The Morgan fingerprint density at radius 3 is 1.38 bits per heavy atom. The number of rotatable bonds is 2. The van der Waals surface area contributed by atoms with Gasteiger partial charge in [0.15, 0.2) is 0 Å². The van der Waals surface area contributed by atoms with Crippen molar-refractivity contribution in [2.24, 2.45) is 0 Å². The molecule has 0 spiro atoms. The molecule has 0 aliphatic heterocycles. The summed E-state index contributed by atoms with van der Waals surface area (Å²) in [7, 11) is 3.64. The number of nitrogens with one attached hydrogen (secondary N) is 2. The van der Waals surface area contributed by atoms with Gasteiger partial charge in [0.25, 0.3) is 0 Å². The molecule has 0 aromatic heterocycles. The van der Waals surface area contributed by atoms with Crippen molar-refractivity contribution in [3.8, 4) is 0 Å². The topological polar surface area (TPSA) is 24.1 Å². The van der Waals surface area contributed by atoms with Crippen molar-refractivity contribution in [2.75, 3.05) is 14.1 Å². The van der Waals surface area contributed by atoms with Gasteiger partial charge in [0.2, 0.25) is 0 Å². The van der Waals surface area contributed by atoms with E-state index in [0.29, 0.717) is 0 Å². The molecule has 0 fully saturated rings. The Hall–Kier alpha value is -0.660. The molecule has 0 saturated carbocycles. The monoisotopic (exact) mass is 116 g/mol. The lowest BCUT2D eigenvalue weighted by molar-refractivity contribution is 0.844. The molecular formula is C6H16N2. The van der Waals surface area contributed by atoms with Crippen LogP contribution in [0.5, 0.6) is 0 Å². The van der Waals surface area contributed by atoms with Crippen molar-refractivity contribution in [1.82, 2.24) is 10.6 Å².